The molecule has 2 atom stereocenters. The molecule has 4 aromatic carbocycles. The fourth-order valence-corrected chi connectivity index (χ4v) is 6.51. The predicted molar refractivity (Wildman–Crippen MR) is 186 cm³/mol. The fourth-order valence-electron chi connectivity index (χ4n) is 4.30. The van der Waals surface area contributed by atoms with Crippen LogP contribution in [0.3, 0.4) is 0 Å². The zero-order valence-electron chi connectivity index (χ0n) is 25.3. The van der Waals surface area contributed by atoms with Crippen molar-refractivity contribution in [1.29, 1.82) is 0 Å². The van der Waals surface area contributed by atoms with Gasteiger partial charge in [0.25, 0.3) is 0 Å². The summed E-state index contributed by atoms with van der Waals surface area (Å²) in [5.41, 5.74) is 4.25. The van der Waals surface area contributed by atoms with Crippen LogP contribution in [0.15, 0.2) is 117 Å². The Morgan fingerprint density at radius 3 is 1.19 bits per heavy atom. The monoisotopic (exact) mass is 628 g/mol. The van der Waals surface area contributed by atoms with Gasteiger partial charge in [-0.15, -0.1) is 23.5 Å². The summed E-state index contributed by atoms with van der Waals surface area (Å²) in [6, 6.07) is 32.8. The van der Waals surface area contributed by atoms with E-state index in [1.165, 1.54) is 34.7 Å². The lowest BCUT2D eigenvalue weighted by atomic mass is 9.99. The van der Waals surface area contributed by atoms with Gasteiger partial charge in [-0.1, -0.05) is 63.7 Å². The van der Waals surface area contributed by atoms with E-state index in [2.05, 4.69) is 111 Å². The first-order chi connectivity index (χ1) is 20.8. The average molecular weight is 629 g/mol. The molecule has 4 nitrogen and oxygen atoms in total. The van der Waals surface area contributed by atoms with E-state index in [0.29, 0.717) is 23.3 Å². The van der Waals surface area contributed by atoms with E-state index in [1.54, 1.807) is 11.8 Å². The maximum absolute atomic E-state index is 12.4. The van der Waals surface area contributed by atoms with E-state index in [1.807, 2.05) is 24.3 Å². The topological polar surface area (TPSA) is 58.2 Å². The first kappa shape index (κ1) is 32.8. The number of nitrogens with one attached hydrogen (secondary N) is 2. The van der Waals surface area contributed by atoms with Gasteiger partial charge in [-0.2, -0.15) is 0 Å². The number of thioether (sulfide) groups is 2. The van der Waals surface area contributed by atoms with Crippen molar-refractivity contribution in [3.63, 3.8) is 0 Å². The Bertz CT molecular complexity index is 1340. The van der Waals surface area contributed by atoms with E-state index in [0.717, 1.165) is 43.8 Å². The summed E-state index contributed by atoms with van der Waals surface area (Å²) in [4.78, 5) is 29.3. The van der Waals surface area contributed by atoms with Crippen molar-refractivity contribution in [1.82, 2.24) is 0 Å². The molecule has 0 spiro atoms. The molecule has 43 heavy (non-hydrogen) atoms. The molecule has 2 amide bonds. The zero-order valence-corrected chi connectivity index (χ0v) is 27.7. The lowest BCUT2D eigenvalue weighted by Gasteiger charge is -2.11. The van der Waals surface area contributed by atoms with Crippen molar-refractivity contribution in [2.24, 2.45) is 0 Å². The second kappa shape index (κ2) is 16.6. The van der Waals surface area contributed by atoms with Crippen LogP contribution in [-0.2, 0) is 9.59 Å². The molecule has 0 saturated carbocycles. The van der Waals surface area contributed by atoms with Crippen LogP contribution in [-0.4, -0.2) is 23.3 Å². The van der Waals surface area contributed by atoms with Gasteiger partial charge in [-0.3, -0.25) is 9.59 Å². The number of rotatable bonds is 14. The van der Waals surface area contributed by atoms with Gasteiger partial charge in [-0.05, 0) is 109 Å². The molecule has 4 rings (SSSR count). The molecule has 0 bridgehead atoms. The minimum absolute atomic E-state index is 0.00841. The Morgan fingerprint density at radius 1 is 0.535 bits per heavy atom. The zero-order chi connectivity index (χ0) is 30.6. The second-order valence-corrected chi connectivity index (χ2v) is 13.8. The van der Waals surface area contributed by atoms with Crippen LogP contribution >= 0.6 is 35.3 Å². The molecule has 0 saturated heterocycles. The number of anilines is 2. The van der Waals surface area contributed by atoms with Gasteiger partial charge in [-0.25, -0.2) is 0 Å². The Hall–Kier alpha value is -3.13. The van der Waals surface area contributed by atoms with Crippen LogP contribution in [0.1, 0.15) is 63.5 Å². The minimum Gasteiger partial charge on any atom is -0.325 e. The summed E-state index contributed by atoms with van der Waals surface area (Å²) in [6.07, 6.45) is 2.20. The Balaban J connectivity index is 1.18. The van der Waals surface area contributed by atoms with Gasteiger partial charge in [0.1, 0.15) is 0 Å². The number of amides is 2. The van der Waals surface area contributed by atoms with Crippen LogP contribution in [0.25, 0.3) is 0 Å². The van der Waals surface area contributed by atoms with Crippen LogP contribution in [0.5, 0.6) is 0 Å². The smallest absolute Gasteiger partial charge is 0.234 e. The average Bonchev–Trinajstić information content (AvgIpc) is 3.04. The molecule has 7 heteroatoms. The van der Waals surface area contributed by atoms with Crippen molar-refractivity contribution >= 4 is 58.5 Å². The van der Waals surface area contributed by atoms with E-state index < -0.39 is 0 Å². The molecule has 0 fully saturated rings. The van der Waals surface area contributed by atoms with E-state index >= 15 is 0 Å². The highest BCUT2D eigenvalue weighted by Gasteiger charge is 2.08. The maximum atomic E-state index is 12.4. The number of carbonyl (C=O) groups is 2. The summed E-state index contributed by atoms with van der Waals surface area (Å²) in [5.74, 6) is 1.75. The van der Waals surface area contributed by atoms with Crippen molar-refractivity contribution in [3.8, 4) is 0 Å². The third-order valence-electron chi connectivity index (χ3n) is 7.37. The lowest BCUT2D eigenvalue weighted by molar-refractivity contribution is -0.114. The number of hydrogen-bond acceptors (Lipinski definition) is 5. The maximum Gasteiger partial charge on any atom is 0.234 e. The molecular formula is C36H40N2O2S3. The van der Waals surface area contributed by atoms with Crippen LogP contribution in [0, 0.1) is 0 Å². The highest BCUT2D eigenvalue weighted by atomic mass is 32.2. The summed E-state index contributed by atoms with van der Waals surface area (Å²) in [5, 5.41) is 5.98. The minimum atomic E-state index is -0.00841. The van der Waals surface area contributed by atoms with E-state index in [4.69, 9.17) is 0 Å². The van der Waals surface area contributed by atoms with Gasteiger partial charge >= 0.3 is 0 Å². The third kappa shape index (κ3) is 10.5. The van der Waals surface area contributed by atoms with Gasteiger partial charge in [0, 0.05) is 31.0 Å². The lowest BCUT2D eigenvalue weighted by Crippen LogP contribution is -2.13. The summed E-state index contributed by atoms with van der Waals surface area (Å²) in [6.45, 7) is 8.78. The van der Waals surface area contributed by atoms with Crippen molar-refractivity contribution in [2.75, 3.05) is 22.1 Å². The largest absolute Gasteiger partial charge is 0.325 e. The van der Waals surface area contributed by atoms with Gasteiger partial charge in [0.2, 0.25) is 11.8 Å². The quantitative estimate of drug-likeness (QED) is 0.136. The van der Waals surface area contributed by atoms with E-state index in [-0.39, 0.29) is 11.8 Å². The standard InChI is InChI=1S/C36H40N2O2S3/c1-5-25(3)27-7-11-29(12-8-27)37-35(39)23-41-31-15-19-33(20-16-31)43-34-21-17-32(18-22-34)42-24-36(40)38-30-13-9-28(10-14-30)26(4)6-2/h7-22,25-26H,5-6,23-24H2,1-4H3,(H,37,39)(H,38,40). The molecule has 0 aliphatic carbocycles. The van der Waals surface area contributed by atoms with Gasteiger partial charge < -0.3 is 10.6 Å². The molecular weight excluding hydrogens is 589 g/mol. The Kier molecular flexibility index (Phi) is 12.7. The van der Waals surface area contributed by atoms with Crippen molar-refractivity contribution in [2.45, 2.75) is 72.0 Å². The molecule has 0 aromatic heterocycles. The van der Waals surface area contributed by atoms with Crippen LogP contribution in [0.2, 0.25) is 0 Å². The molecule has 0 aliphatic rings. The highest BCUT2D eigenvalue weighted by molar-refractivity contribution is 8.00. The number of hydrogen-bond donors (Lipinski definition) is 2. The second-order valence-electron chi connectivity index (χ2n) is 10.6. The number of carbonyl (C=O) groups excluding carboxylic acids is 2. The SMILES string of the molecule is CCC(C)c1ccc(NC(=O)CSc2ccc(Sc3ccc(SCC(=O)Nc4ccc(C(C)CC)cc4)cc3)cc2)cc1. The first-order valence-electron chi connectivity index (χ1n) is 14.8. The van der Waals surface area contributed by atoms with Gasteiger partial charge in [0.15, 0.2) is 0 Å². The molecule has 224 valence electrons. The van der Waals surface area contributed by atoms with Crippen LogP contribution < -0.4 is 10.6 Å². The van der Waals surface area contributed by atoms with Crippen LogP contribution in [0.4, 0.5) is 11.4 Å². The van der Waals surface area contributed by atoms with Gasteiger partial charge in [0.05, 0.1) is 11.5 Å². The molecule has 4 aromatic rings. The molecule has 0 heterocycles. The van der Waals surface area contributed by atoms with Crippen molar-refractivity contribution in [3.05, 3.63) is 108 Å². The molecule has 0 radical (unpaired) electrons. The Morgan fingerprint density at radius 2 is 0.860 bits per heavy atom. The number of benzene rings is 4. The summed E-state index contributed by atoms with van der Waals surface area (Å²) >= 11 is 4.75. The Labute approximate surface area is 269 Å². The van der Waals surface area contributed by atoms with E-state index in [9.17, 15) is 9.59 Å². The summed E-state index contributed by atoms with van der Waals surface area (Å²) in [7, 11) is 0. The van der Waals surface area contributed by atoms with Crippen molar-refractivity contribution < 1.29 is 9.59 Å². The fraction of sp³-hybridized carbons (Fsp3) is 0.278. The highest BCUT2D eigenvalue weighted by Crippen LogP contribution is 2.31. The normalized spacial score (nSPS) is 12.4. The summed E-state index contributed by atoms with van der Waals surface area (Å²) < 4.78 is 0. The molecule has 2 N–H and O–H groups in total. The first-order valence-corrected chi connectivity index (χ1v) is 17.5. The third-order valence-corrected chi connectivity index (χ3v) is 10.4. The predicted octanol–water partition coefficient (Wildman–Crippen LogP) is 10.3. The molecule has 2 unspecified atom stereocenters. The molecule has 0 aliphatic heterocycles.